The number of aromatic nitrogens is 2. The smallest absolute Gasteiger partial charge is 0.136 e. The molecule has 2 rings (SSSR count). The highest BCUT2D eigenvalue weighted by Gasteiger charge is 2.10. The second-order valence-electron chi connectivity index (χ2n) is 5.42. The standard InChI is InChI=1S/C18H26N4/c1-6-15-11-9-10-13(4)18(15)21-16-12-17(20-14(5)19-16)22(7-2)8-3/h9-12H,6-8H2,1-5H3,(H,19,20,21). The van der Waals surface area contributed by atoms with E-state index in [-0.39, 0.29) is 0 Å². The molecular formula is C18H26N4. The summed E-state index contributed by atoms with van der Waals surface area (Å²) < 4.78 is 0. The molecule has 0 bridgehead atoms. The molecule has 1 heterocycles. The molecule has 0 unspecified atom stereocenters. The van der Waals surface area contributed by atoms with Crippen LogP contribution >= 0.6 is 0 Å². The first kappa shape index (κ1) is 16.3. The van der Waals surface area contributed by atoms with Gasteiger partial charge in [-0.2, -0.15) is 0 Å². The van der Waals surface area contributed by atoms with Gasteiger partial charge in [-0.3, -0.25) is 0 Å². The van der Waals surface area contributed by atoms with E-state index in [0.717, 1.165) is 42.7 Å². The van der Waals surface area contributed by atoms with Crippen LogP contribution in [0.4, 0.5) is 17.3 Å². The van der Waals surface area contributed by atoms with Gasteiger partial charge in [-0.1, -0.05) is 25.1 Å². The second kappa shape index (κ2) is 7.25. The number of hydrogen-bond donors (Lipinski definition) is 1. The van der Waals surface area contributed by atoms with Crippen LogP contribution in [0.3, 0.4) is 0 Å². The molecular weight excluding hydrogens is 272 g/mol. The largest absolute Gasteiger partial charge is 0.357 e. The summed E-state index contributed by atoms with van der Waals surface area (Å²) in [4.78, 5) is 11.3. The summed E-state index contributed by atoms with van der Waals surface area (Å²) in [5.41, 5.74) is 3.70. The zero-order valence-corrected chi connectivity index (χ0v) is 14.3. The van der Waals surface area contributed by atoms with Crippen LogP contribution in [0.15, 0.2) is 24.3 Å². The molecule has 0 aliphatic heterocycles. The van der Waals surface area contributed by atoms with Crippen LogP contribution in [0, 0.1) is 13.8 Å². The van der Waals surface area contributed by atoms with Gasteiger partial charge in [-0.15, -0.1) is 0 Å². The number of aryl methyl sites for hydroxylation is 3. The monoisotopic (exact) mass is 298 g/mol. The fourth-order valence-electron chi connectivity index (χ4n) is 2.66. The molecule has 0 amide bonds. The predicted molar refractivity (Wildman–Crippen MR) is 94.2 cm³/mol. The summed E-state index contributed by atoms with van der Waals surface area (Å²) in [7, 11) is 0. The Balaban J connectivity index is 2.38. The first-order valence-corrected chi connectivity index (χ1v) is 8.05. The van der Waals surface area contributed by atoms with E-state index in [2.05, 4.69) is 66.1 Å². The predicted octanol–water partition coefficient (Wildman–Crippen LogP) is 4.25. The normalized spacial score (nSPS) is 10.6. The van der Waals surface area contributed by atoms with Gasteiger partial charge in [0.1, 0.15) is 17.5 Å². The van der Waals surface area contributed by atoms with Gasteiger partial charge in [0.25, 0.3) is 0 Å². The SMILES string of the molecule is CCc1cccc(C)c1Nc1cc(N(CC)CC)nc(C)n1. The number of anilines is 3. The van der Waals surface area contributed by atoms with Crippen LogP contribution in [-0.2, 0) is 6.42 Å². The molecule has 0 aliphatic carbocycles. The fourth-order valence-corrected chi connectivity index (χ4v) is 2.66. The van der Waals surface area contributed by atoms with Crippen LogP contribution < -0.4 is 10.2 Å². The van der Waals surface area contributed by atoms with Crippen molar-refractivity contribution in [3.63, 3.8) is 0 Å². The van der Waals surface area contributed by atoms with E-state index in [1.165, 1.54) is 11.1 Å². The number of nitrogens with one attached hydrogen (secondary N) is 1. The molecule has 118 valence electrons. The summed E-state index contributed by atoms with van der Waals surface area (Å²) in [6.07, 6.45) is 0.997. The number of para-hydroxylation sites is 1. The van der Waals surface area contributed by atoms with E-state index in [1.807, 2.05) is 13.0 Å². The van der Waals surface area contributed by atoms with Crippen LogP contribution in [0.1, 0.15) is 37.7 Å². The maximum absolute atomic E-state index is 4.56. The Labute approximate surface area is 133 Å². The summed E-state index contributed by atoms with van der Waals surface area (Å²) in [6, 6.07) is 8.42. The number of benzene rings is 1. The number of nitrogens with zero attached hydrogens (tertiary/aromatic N) is 3. The third kappa shape index (κ3) is 3.56. The lowest BCUT2D eigenvalue weighted by Crippen LogP contribution is -2.23. The van der Waals surface area contributed by atoms with Crippen molar-refractivity contribution in [3.8, 4) is 0 Å². The van der Waals surface area contributed by atoms with Gasteiger partial charge in [0.05, 0.1) is 0 Å². The van der Waals surface area contributed by atoms with Gasteiger partial charge in [-0.25, -0.2) is 9.97 Å². The first-order chi connectivity index (χ1) is 10.6. The summed E-state index contributed by atoms with van der Waals surface area (Å²) >= 11 is 0. The molecule has 22 heavy (non-hydrogen) atoms. The Bertz CT molecular complexity index is 633. The van der Waals surface area contributed by atoms with Crippen molar-refractivity contribution < 1.29 is 0 Å². The Morgan fingerprint density at radius 2 is 1.77 bits per heavy atom. The zero-order valence-electron chi connectivity index (χ0n) is 14.3. The summed E-state index contributed by atoms with van der Waals surface area (Å²) in [6.45, 7) is 12.4. The molecule has 2 aromatic rings. The van der Waals surface area contributed by atoms with E-state index in [9.17, 15) is 0 Å². The van der Waals surface area contributed by atoms with Gasteiger partial charge in [0.2, 0.25) is 0 Å². The molecule has 0 fully saturated rings. The molecule has 4 heteroatoms. The highest BCUT2D eigenvalue weighted by Crippen LogP contribution is 2.26. The molecule has 0 aliphatic rings. The van der Waals surface area contributed by atoms with Crippen LogP contribution in [0.25, 0.3) is 0 Å². The minimum absolute atomic E-state index is 0.790. The molecule has 1 aromatic heterocycles. The first-order valence-electron chi connectivity index (χ1n) is 8.05. The van der Waals surface area contributed by atoms with Gasteiger partial charge in [-0.05, 0) is 45.2 Å². The van der Waals surface area contributed by atoms with Crippen molar-refractivity contribution in [2.45, 2.75) is 41.0 Å². The van der Waals surface area contributed by atoms with Crippen molar-refractivity contribution in [3.05, 3.63) is 41.2 Å². The molecule has 0 saturated carbocycles. The van der Waals surface area contributed by atoms with Crippen molar-refractivity contribution in [2.75, 3.05) is 23.3 Å². The lowest BCUT2D eigenvalue weighted by molar-refractivity contribution is 0.835. The van der Waals surface area contributed by atoms with Crippen LogP contribution in [0.2, 0.25) is 0 Å². The maximum Gasteiger partial charge on any atom is 0.136 e. The lowest BCUT2D eigenvalue weighted by Gasteiger charge is -2.21. The van der Waals surface area contributed by atoms with E-state index in [0.29, 0.717) is 0 Å². The van der Waals surface area contributed by atoms with E-state index < -0.39 is 0 Å². The van der Waals surface area contributed by atoms with Gasteiger partial charge >= 0.3 is 0 Å². The molecule has 1 N–H and O–H groups in total. The molecule has 4 nitrogen and oxygen atoms in total. The lowest BCUT2D eigenvalue weighted by atomic mass is 10.1. The minimum Gasteiger partial charge on any atom is -0.357 e. The van der Waals surface area contributed by atoms with Crippen LogP contribution in [-0.4, -0.2) is 23.1 Å². The van der Waals surface area contributed by atoms with Crippen molar-refractivity contribution >= 4 is 17.3 Å². The average molecular weight is 298 g/mol. The zero-order chi connectivity index (χ0) is 16.1. The van der Waals surface area contributed by atoms with E-state index in [4.69, 9.17) is 0 Å². The quantitative estimate of drug-likeness (QED) is 0.865. The number of rotatable bonds is 6. The Hall–Kier alpha value is -2.10. The minimum atomic E-state index is 0.790. The average Bonchev–Trinajstić information content (AvgIpc) is 2.50. The molecule has 0 radical (unpaired) electrons. The van der Waals surface area contributed by atoms with Crippen molar-refractivity contribution in [1.29, 1.82) is 0 Å². The highest BCUT2D eigenvalue weighted by atomic mass is 15.2. The van der Waals surface area contributed by atoms with Gasteiger partial charge in [0.15, 0.2) is 0 Å². The van der Waals surface area contributed by atoms with Gasteiger partial charge in [0, 0.05) is 24.8 Å². The summed E-state index contributed by atoms with van der Waals surface area (Å²) in [5, 5.41) is 3.50. The molecule has 0 atom stereocenters. The maximum atomic E-state index is 4.56. The number of hydrogen-bond acceptors (Lipinski definition) is 4. The van der Waals surface area contributed by atoms with Crippen LogP contribution in [0.5, 0.6) is 0 Å². The molecule has 0 saturated heterocycles. The van der Waals surface area contributed by atoms with Crippen molar-refractivity contribution in [2.24, 2.45) is 0 Å². The third-order valence-corrected chi connectivity index (χ3v) is 3.90. The second-order valence-corrected chi connectivity index (χ2v) is 5.42. The van der Waals surface area contributed by atoms with E-state index in [1.54, 1.807) is 0 Å². The van der Waals surface area contributed by atoms with Crippen molar-refractivity contribution in [1.82, 2.24) is 9.97 Å². The molecule has 1 aromatic carbocycles. The Kier molecular flexibility index (Phi) is 5.36. The Morgan fingerprint density at radius 1 is 1.05 bits per heavy atom. The topological polar surface area (TPSA) is 41.0 Å². The fraction of sp³-hybridized carbons (Fsp3) is 0.444. The third-order valence-electron chi connectivity index (χ3n) is 3.90. The van der Waals surface area contributed by atoms with E-state index >= 15 is 0 Å². The van der Waals surface area contributed by atoms with Gasteiger partial charge < -0.3 is 10.2 Å². The highest BCUT2D eigenvalue weighted by molar-refractivity contribution is 5.66. The Morgan fingerprint density at radius 3 is 2.41 bits per heavy atom. The summed E-state index contributed by atoms with van der Waals surface area (Å²) in [5.74, 6) is 2.63. The molecule has 0 spiro atoms.